The molecule has 0 aromatic heterocycles. The van der Waals surface area contributed by atoms with E-state index in [-0.39, 0.29) is 0 Å². The van der Waals surface area contributed by atoms with E-state index in [4.69, 9.17) is 23.2 Å². The fourth-order valence-corrected chi connectivity index (χ4v) is 3.01. The number of nitrogens with one attached hydrogen (secondary N) is 1. The van der Waals surface area contributed by atoms with Gasteiger partial charge in [0.25, 0.3) is 0 Å². The van der Waals surface area contributed by atoms with Gasteiger partial charge in [-0.25, -0.2) is 0 Å². The molecular formula is C15H19Cl2N. The summed E-state index contributed by atoms with van der Waals surface area (Å²) in [6, 6.07) is 5.70. The second kappa shape index (κ2) is 5.99. The van der Waals surface area contributed by atoms with Gasteiger partial charge in [-0.2, -0.15) is 0 Å². The summed E-state index contributed by atoms with van der Waals surface area (Å²) >= 11 is 11.9. The van der Waals surface area contributed by atoms with E-state index in [0.717, 1.165) is 12.2 Å². The Balaban J connectivity index is 1.92. The molecule has 2 rings (SSSR count). The summed E-state index contributed by atoms with van der Waals surface area (Å²) in [7, 11) is 0. The lowest BCUT2D eigenvalue weighted by Crippen LogP contribution is -2.20. The zero-order chi connectivity index (χ0) is 13.1. The van der Waals surface area contributed by atoms with E-state index in [0.29, 0.717) is 21.9 Å². The largest absolute Gasteiger partial charge is 0.385 e. The summed E-state index contributed by atoms with van der Waals surface area (Å²) in [5.41, 5.74) is 2.55. The van der Waals surface area contributed by atoms with Crippen molar-refractivity contribution in [3.63, 3.8) is 0 Å². The Labute approximate surface area is 119 Å². The van der Waals surface area contributed by atoms with Crippen LogP contribution in [0.5, 0.6) is 0 Å². The van der Waals surface area contributed by atoms with Gasteiger partial charge in [0.15, 0.2) is 0 Å². The summed E-state index contributed by atoms with van der Waals surface area (Å²) in [5, 5.41) is 4.66. The van der Waals surface area contributed by atoms with Gasteiger partial charge in [-0.15, -0.1) is 0 Å². The smallest absolute Gasteiger partial charge is 0.0612 e. The maximum absolute atomic E-state index is 6.00. The van der Waals surface area contributed by atoms with Gasteiger partial charge >= 0.3 is 0 Å². The van der Waals surface area contributed by atoms with Crippen LogP contribution in [0.3, 0.4) is 0 Å². The Kier molecular flexibility index (Phi) is 4.58. The van der Waals surface area contributed by atoms with E-state index in [1.165, 1.54) is 18.4 Å². The van der Waals surface area contributed by atoms with Crippen molar-refractivity contribution in [2.45, 2.75) is 26.7 Å². The lowest BCUT2D eigenvalue weighted by Gasteiger charge is -2.26. The van der Waals surface area contributed by atoms with Gasteiger partial charge in [0.2, 0.25) is 0 Å². The SMILES string of the molecule is CC1=CC(C)CC(CNc2ccc(Cl)c(Cl)c2)C1. The molecule has 0 heterocycles. The highest BCUT2D eigenvalue weighted by Gasteiger charge is 2.17. The zero-order valence-electron chi connectivity index (χ0n) is 10.8. The fourth-order valence-electron chi connectivity index (χ4n) is 2.71. The van der Waals surface area contributed by atoms with Crippen LogP contribution in [0.15, 0.2) is 29.8 Å². The molecule has 1 aliphatic carbocycles. The predicted octanol–water partition coefficient (Wildman–Crippen LogP) is 5.40. The molecule has 1 aromatic carbocycles. The van der Waals surface area contributed by atoms with Gasteiger partial charge in [0.05, 0.1) is 10.0 Å². The summed E-state index contributed by atoms with van der Waals surface area (Å²) in [6.45, 7) is 5.50. The van der Waals surface area contributed by atoms with Crippen LogP contribution in [0, 0.1) is 11.8 Å². The molecular weight excluding hydrogens is 265 g/mol. The molecule has 0 bridgehead atoms. The quantitative estimate of drug-likeness (QED) is 0.733. The minimum Gasteiger partial charge on any atom is -0.385 e. The van der Waals surface area contributed by atoms with Crippen molar-refractivity contribution in [3.8, 4) is 0 Å². The highest BCUT2D eigenvalue weighted by atomic mass is 35.5. The van der Waals surface area contributed by atoms with Crippen molar-refractivity contribution in [2.75, 3.05) is 11.9 Å². The first kappa shape index (κ1) is 13.8. The highest BCUT2D eigenvalue weighted by Crippen LogP contribution is 2.29. The van der Waals surface area contributed by atoms with Crippen molar-refractivity contribution < 1.29 is 0 Å². The van der Waals surface area contributed by atoms with Gasteiger partial charge in [-0.05, 0) is 49.8 Å². The van der Waals surface area contributed by atoms with Crippen molar-refractivity contribution >= 4 is 28.9 Å². The van der Waals surface area contributed by atoms with Crippen LogP contribution in [0.2, 0.25) is 10.0 Å². The van der Waals surface area contributed by atoms with Gasteiger partial charge in [-0.3, -0.25) is 0 Å². The van der Waals surface area contributed by atoms with Crippen molar-refractivity contribution in [2.24, 2.45) is 11.8 Å². The van der Waals surface area contributed by atoms with E-state index in [9.17, 15) is 0 Å². The van der Waals surface area contributed by atoms with Crippen molar-refractivity contribution in [1.82, 2.24) is 0 Å². The first-order chi connectivity index (χ1) is 8.54. The molecule has 1 aliphatic rings. The molecule has 0 amide bonds. The van der Waals surface area contributed by atoms with Crippen LogP contribution in [0.25, 0.3) is 0 Å². The second-order valence-corrected chi connectivity index (χ2v) is 6.12. The van der Waals surface area contributed by atoms with Crippen LogP contribution in [-0.2, 0) is 0 Å². The Morgan fingerprint density at radius 2 is 2.06 bits per heavy atom. The first-order valence-electron chi connectivity index (χ1n) is 6.41. The minimum absolute atomic E-state index is 0.604. The predicted molar refractivity (Wildman–Crippen MR) is 80.6 cm³/mol. The van der Waals surface area contributed by atoms with E-state index >= 15 is 0 Å². The topological polar surface area (TPSA) is 12.0 Å². The van der Waals surface area contributed by atoms with Gasteiger partial charge in [0, 0.05) is 12.2 Å². The molecule has 3 heteroatoms. The maximum atomic E-state index is 6.00. The highest BCUT2D eigenvalue weighted by molar-refractivity contribution is 6.42. The Morgan fingerprint density at radius 3 is 2.72 bits per heavy atom. The Morgan fingerprint density at radius 1 is 1.28 bits per heavy atom. The average molecular weight is 284 g/mol. The molecule has 0 fully saturated rings. The third-order valence-electron chi connectivity index (χ3n) is 3.40. The molecule has 2 unspecified atom stereocenters. The molecule has 0 radical (unpaired) electrons. The standard InChI is InChI=1S/C15H19Cl2N/c1-10-5-11(2)7-12(6-10)9-18-13-3-4-14(16)15(17)8-13/h3-5,8,10,12,18H,6-7,9H2,1-2H3. The second-order valence-electron chi connectivity index (χ2n) is 5.31. The molecule has 1 aromatic rings. The number of allylic oxidation sites excluding steroid dienone is 2. The average Bonchev–Trinajstić information content (AvgIpc) is 2.29. The van der Waals surface area contributed by atoms with Crippen LogP contribution >= 0.6 is 23.2 Å². The number of rotatable bonds is 3. The Bertz CT molecular complexity index is 454. The molecule has 0 saturated carbocycles. The van der Waals surface area contributed by atoms with E-state index in [1.54, 1.807) is 0 Å². The summed E-state index contributed by atoms with van der Waals surface area (Å²) < 4.78 is 0. The normalized spacial score (nSPS) is 23.7. The van der Waals surface area contributed by atoms with E-state index in [2.05, 4.69) is 25.2 Å². The number of anilines is 1. The molecule has 98 valence electrons. The molecule has 1 N–H and O–H groups in total. The Hall–Kier alpha value is -0.660. The molecule has 0 aliphatic heterocycles. The number of benzene rings is 1. The lowest BCUT2D eigenvalue weighted by molar-refractivity contribution is 0.421. The van der Waals surface area contributed by atoms with Gasteiger partial charge in [-0.1, -0.05) is 41.8 Å². The third kappa shape index (κ3) is 3.66. The van der Waals surface area contributed by atoms with Crippen LogP contribution in [0.1, 0.15) is 26.7 Å². The number of halogens is 2. The number of hydrogen-bond acceptors (Lipinski definition) is 1. The zero-order valence-corrected chi connectivity index (χ0v) is 12.4. The van der Waals surface area contributed by atoms with Crippen molar-refractivity contribution in [1.29, 1.82) is 0 Å². The van der Waals surface area contributed by atoms with E-state index < -0.39 is 0 Å². The molecule has 0 saturated heterocycles. The van der Waals surface area contributed by atoms with E-state index in [1.807, 2.05) is 18.2 Å². The van der Waals surface area contributed by atoms with Crippen LogP contribution in [0.4, 0.5) is 5.69 Å². The minimum atomic E-state index is 0.604. The molecule has 18 heavy (non-hydrogen) atoms. The summed E-state index contributed by atoms with van der Waals surface area (Å²) in [4.78, 5) is 0. The number of hydrogen-bond donors (Lipinski definition) is 1. The van der Waals surface area contributed by atoms with Gasteiger partial charge < -0.3 is 5.32 Å². The van der Waals surface area contributed by atoms with Crippen LogP contribution < -0.4 is 5.32 Å². The monoisotopic (exact) mass is 283 g/mol. The lowest BCUT2D eigenvalue weighted by atomic mass is 9.84. The fraction of sp³-hybridized carbons (Fsp3) is 0.467. The third-order valence-corrected chi connectivity index (χ3v) is 4.14. The maximum Gasteiger partial charge on any atom is 0.0612 e. The summed E-state index contributed by atoms with van der Waals surface area (Å²) in [6.07, 6.45) is 4.83. The molecule has 1 nitrogen and oxygen atoms in total. The van der Waals surface area contributed by atoms with Gasteiger partial charge in [0.1, 0.15) is 0 Å². The van der Waals surface area contributed by atoms with Crippen molar-refractivity contribution in [3.05, 3.63) is 39.9 Å². The van der Waals surface area contributed by atoms with Crippen LogP contribution in [-0.4, -0.2) is 6.54 Å². The summed E-state index contributed by atoms with van der Waals surface area (Å²) in [5.74, 6) is 1.40. The first-order valence-corrected chi connectivity index (χ1v) is 7.16. The molecule has 0 spiro atoms. The molecule has 2 atom stereocenters.